The van der Waals surface area contributed by atoms with Crippen molar-refractivity contribution >= 4 is 17.5 Å². The van der Waals surface area contributed by atoms with E-state index >= 15 is 0 Å². The van der Waals surface area contributed by atoms with Gasteiger partial charge < -0.3 is 4.90 Å². The number of rotatable bonds is 4. The minimum atomic E-state index is -0.336. The van der Waals surface area contributed by atoms with E-state index in [4.69, 9.17) is 4.84 Å². The Balaban J connectivity index is 1.72. The average molecular weight is 288 g/mol. The fourth-order valence-corrected chi connectivity index (χ4v) is 3.09. The molecule has 5 heteroatoms. The van der Waals surface area contributed by atoms with E-state index < -0.39 is 0 Å². The first-order chi connectivity index (χ1) is 10.2. The Bertz CT molecular complexity index is 571. The molecular weight excluding hydrogens is 268 g/mol. The van der Waals surface area contributed by atoms with Crippen molar-refractivity contribution in [3.8, 4) is 0 Å². The number of nitrogens with one attached hydrogen (secondary N) is 1. The lowest BCUT2D eigenvalue weighted by molar-refractivity contribution is -0.137. The van der Waals surface area contributed by atoms with Gasteiger partial charge in [0.05, 0.1) is 12.5 Å². The lowest BCUT2D eigenvalue weighted by Crippen LogP contribution is -2.33. The second-order valence-corrected chi connectivity index (χ2v) is 5.61. The van der Waals surface area contributed by atoms with Crippen LogP contribution in [0.4, 0.5) is 5.69 Å². The summed E-state index contributed by atoms with van der Waals surface area (Å²) in [5.41, 5.74) is 6.02. The molecular formula is C16H20N2O3. The van der Waals surface area contributed by atoms with E-state index in [1.807, 2.05) is 6.07 Å². The van der Waals surface area contributed by atoms with E-state index in [2.05, 4.69) is 17.6 Å². The predicted molar refractivity (Wildman–Crippen MR) is 78.7 cm³/mol. The molecule has 1 N–H and O–H groups in total. The number of amides is 2. The zero-order valence-corrected chi connectivity index (χ0v) is 12.2. The van der Waals surface area contributed by atoms with Crippen molar-refractivity contribution < 1.29 is 14.4 Å². The van der Waals surface area contributed by atoms with Gasteiger partial charge in [0.15, 0.2) is 0 Å². The van der Waals surface area contributed by atoms with Gasteiger partial charge in [-0.25, -0.2) is 5.48 Å². The Kier molecular flexibility index (Phi) is 3.92. The van der Waals surface area contributed by atoms with Crippen molar-refractivity contribution in [3.05, 3.63) is 29.3 Å². The van der Waals surface area contributed by atoms with Gasteiger partial charge in [-0.1, -0.05) is 6.07 Å². The average Bonchev–Trinajstić information content (AvgIpc) is 3.10. The molecule has 1 aromatic carbocycles. The number of nitrogens with zero attached hydrogens (tertiary/aromatic N) is 1. The van der Waals surface area contributed by atoms with E-state index in [0.717, 1.165) is 18.5 Å². The quantitative estimate of drug-likeness (QED) is 0.856. The Morgan fingerprint density at radius 2 is 2.19 bits per heavy atom. The summed E-state index contributed by atoms with van der Waals surface area (Å²) in [6.45, 7) is 2.65. The van der Waals surface area contributed by atoms with E-state index in [0.29, 0.717) is 13.2 Å². The molecule has 1 aliphatic heterocycles. The number of benzene rings is 1. The van der Waals surface area contributed by atoms with Crippen LogP contribution < -0.4 is 10.4 Å². The number of fused-ring (bicyclic) bond motifs is 1. The van der Waals surface area contributed by atoms with E-state index in [1.165, 1.54) is 17.5 Å². The highest BCUT2D eigenvalue weighted by molar-refractivity contribution is 6.00. The number of hydrogen-bond acceptors (Lipinski definition) is 3. The summed E-state index contributed by atoms with van der Waals surface area (Å²) in [5, 5.41) is 0. The third kappa shape index (κ3) is 2.78. The molecule has 2 aliphatic rings. The van der Waals surface area contributed by atoms with Crippen LogP contribution in [-0.2, 0) is 27.3 Å². The Morgan fingerprint density at radius 1 is 1.38 bits per heavy atom. The maximum absolute atomic E-state index is 12.2. The molecule has 1 heterocycles. The molecule has 0 bridgehead atoms. The summed E-state index contributed by atoms with van der Waals surface area (Å²) in [4.78, 5) is 30.7. The van der Waals surface area contributed by atoms with Crippen LogP contribution in [0.2, 0.25) is 0 Å². The number of carbonyl (C=O) groups is 2. The van der Waals surface area contributed by atoms with Crippen LogP contribution >= 0.6 is 0 Å². The van der Waals surface area contributed by atoms with Crippen LogP contribution in [0, 0.1) is 5.92 Å². The van der Waals surface area contributed by atoms with Crippen LogP contribution in [0.3, 0.4) is 0 Å². The summed E-state index contributed by atoms with van der Waals surface area (Å²) in [7, 11) is 0. The molecule has 1 fully saturated rings. The van der Waals surface area contributed by atoms with Crippen molar-refractivity contribution in [3.63, 3.8) is 0 Å². The van der Waals surface area contributed by atoms with Crippen LogP contribution in [0.5, 0.6) is 0 Å². The molecule has 1 saturated heterocycles. The molecule has 0 unspecified atom stereocenters. The third-order valence-electron chi connectivity index (χ3n) is 4.21. The Hall–Kier alpha value is -1.88. The summed E-state index contributed by atoms with van der Waals surface area (Å²) in [6.07, 6.45) is 3.64. The van der Waals surface area contributed by atoms with Gasteiger partial charge in [0.2, 0.25) is 11.8 Å². The van der Waals surface area contributed by atoms with Gasteiger partial charge in [-0.05, 0) is 49.4 Å². The molecule has 1 aliphatic carbocycles. The van der Waals surface area contributed by atoms with Gasteiger partial charge in [0.25, 0.3) is 0 Å². The summed E-state index contributed by atoms with van der Waals surface area (Å²) in [5.74, 6) is -0.546. The van der Waals surface area contributed by atoms with Crippen molar-refractivity contribution in [2.45, 2.75) is 32.6 Å². The lowest BCUT2D eigenvalue weighted by Gasteiger charge is -2.17. The SMILES string of the molecule is CCONC(=O)[C@H]1CC(=O)N(c2ccc3c(c2)CCC3)C1. The van der Waals surface area contributed by atoms with Gasteiger partial charge in [-0.3, -0.25) is 14.4 Å². The Morgan fingerprint density at radius 3 is 3.00 bits per heavy atom. The zero-order valence-electron chi connectivity index (χ0n) is 12.2. The summed E-state index contributed by atoms with van der Waals surface area (Å²) < 4.78 is 0. The molecule has 0 spiro atoms. The highest BCUT2D eigenvalue weighted by Crippen LogP contribution is 2.30. The van der Waals surface area contributed by atoms with Gasteiger partial charge in [-0.2, -0.15) is 0 Å². The standard InChI is InChI=1S/C16H20N2O3/c1-2-21-17-16(20)13-9-15(19)18(10-13)14-7-6-11-4-3-5-12(11)8-14/h6-8,13H,2-5,9-10H2,1H3,(H,17,20)/t13-/m0/s1. The maximum Gasteiger partial charge on any atom is 0.248 e. The molecule has 21 heavy (non-hydrogen) atoms. The fraction of sp³-hybridized carbons (Fsp3) is 0.500. The molecule has 2 amide bonds. The first-order valence-corrected chi connectivity index (χ1v) is 7.53. The maximum atomic E-state index is 12.2. The third-order valence-corrected chi connectivity index (χ3v) is 4.21. The number of aryl methyl sites for hydroxylation is 2. The number of hydroxylamine groups is 1. The highest BCUT2D eigenvalue weighted by atomic mass is 16.6. The smallest absolute Gasteiger partial charge is 0.248 e. The summed E-state index contributed by atoms with van der Waals surface area (Å²) in [6, 6.07) is 6.20. The number of carbonyl (C=O) groups excluding carboxylic acids is 2. The number of anilines is 1. The van der Waals surface area contributed by atoms with Crippen molar-refractivity contribution in [1.29, 1.82) is 0 Å². The minimum Gasteiger partial charge on any atom is -0.312 e. The molecule has 3 rings (SSSR count). The zero-order chi connectivity index (χ0) is 14.8. The Labute approximate surface area is 124 Å². The van der Waals surface area contributed by atoms with Gasteiger partial charge in [0, 0.05) is 18.7 Å². The molecule has 5 nitrogen and oxygen atoms in total. The first-order valence-electron chi connectivity index (χ1n) is 7.53. The van der Waals surface area contributed by atoms with E-state index in [1.54, 1.807) is 11.8 Å². The van der Waals surface area contributed by atoms with Gasteiger partial charge >= 0.3 is 0 Å². The second kappa shape index (κ2) is 5.85. The highest BCUT2D eigenvalue weighted by Gasteiger charge is 2.35. The molecule has 0 radical (unpaired) electrons. The van der Waals surface area contributed by atoms with Gasteiger partial charge in [-0.15, -0.1) is 0 Å². The van der Waals surface area contributed by atoms with Crippen molar-refractivity contribution in [2.24, 2.45) is 5.92 Å². The minimum absolute atomic E-state index is 0.00426. The van der Waals surface area contributed by atoms with Crippen LogP contribution in [0.25, 0.3) is 0 Å². The van der Waals surface area contributed by atoms with Crippen molar-refractivity contribution in [1.82, 2.24) is 5.48 Å². The topological polar surface area (TPSA) is 58.6 Å². The van der Waals surface area contributed by atoms with Crippen molar-refractivity contribution in [2.75, 3.05) is 18.1 Å². The van der Waals surface area contributed by atoms with Crippen LogP contribution in [0.15, 0.2) is 18.2 Å². The summed E-state index contributed by atoms with van der Waals surface area (Å²) >= 11 is 0. The first kappa shape index (κ1) is 14.1. The largest absolute Gasteiger partial charge is 0.312 e. The van der Waals surface area contributed by atoms with E-state index in [9.17, 15) is 9.59 Å². The monoisotopic (exact) mass is 288 g/mol. The predicted octanol–water partition coefficient (Wildman–Crippen LogP) is 1.60. The molecule has 112 valence electrons. The molecule has 0 saturated carbocycles. The normalized spacial score (nSPS) is 20.7. The van der Waals surface area contributed by atoms with Gasteiger partial charge in [0.1, 0.15) is 0 Å². The molecule has 0 aromatic heterocycles. The van der Waals surface area contributed by atoms with E-state index in [-0.39, 0.29) is 24.2 Å². The van der Waals surface area contributed by atoms with Crippen LogP contribution in [-0.4, -0.2) is 25.0 Å². The molecule has 1 aromatic rings. The fourth-order valence-electron chi connectivity index (χ4n) is 3.09. The lowest BCUT2D eigenvalue weighted by atomic mass is 10.1. The second-order valence-electron chi connectivity index (χ2n) is 5.61. The molecule has 1 atom stereocenters. The van der Waals surface area contributed by atoms with Crippen LogP contribution in [0.1, 0.15) is 30.9 Å². The number of hydrogen-bond donors (Lipinski definition) is 1.